The molecule has 0 spiro atoms. The van der Waals surface area contributed by atoms with Gasteiger partial charge in [0, 0.05) is 16.1 Å². The molecule has 2 fully saturated rings. The van der Waals surface area contributed by atoms with Crippen molar-refractivity contribution in [2.45, 2.75) is 25.3 Å². The van der Waals surface area contributed by atoms with Crippen molar-refractivity contribution >= 4 is 28.6 Å². The summed E-state index contributed by atoms with van der Waals surface area (Å²) >= 11 is 1.72. The Morgan fingerprint density at radius 3 is 3.05 bits per heavy atom. The third-order valence-corrected chi connectivity index (χ3v) is 6.26. The molecule has 6 heteroatoms. The van der Waals surface area contributed by atoms with Crippen LogP contribution in [0.1, 0.15) is 23.4 Å². The second-order valence-corrected chi connectivity index (χ2v) is 7.44. The Hall–Kier alpha value is -1.92. The van der Waals surface area contributed by atoms with Crippen LogP contribution in [0.15, 0.2) is 23.8 Å². The van der Waals surface area contributed by atoms with Crippen LogP contribution in [-0.4, -0.2) is 28.1 Å². The SMILES string of the molecule is C=C1NC([C@]23C[C@H]2CCN3)=Nc2cc(-c3cn[nH]c3C)sc21. The van der Waals surface area contributed by atoms with E-state index in [4.69, 9.17) is 4.99 Å². The van der Waals surface area contributed by atoms with Crippen LogP contribution in [-0.2, 0) is 0 Å². The lowest BCUT2D eigenvalue weighted by molar-refractivity contribution is 0.676. The number of nitrogens with one attached hydrogen (secondary N) is 3. The standard InChI is InChI=1S/C16H17N5S/c1-8-11(7-18-21-8)13-5-12-14(22-13)9(2)19-15(20-12)16-6-10(16)3-4-17-16/h5,7,10,17H,2-4,6H2,1H3,(H,18,21)(H,19,20)/t10-,16+/m1/s1. The summed E-state index contributed by atoms with van der Waals surface area (Å²) in [7, 11) is 0. The molecule has 2 aromatic heterocycles. The van der Waals surface area contributed by atoms with Crippen LogP contribution in [0.4, 0.5) is 5.69 Å². The Labute approximate surface area is 132 Å². The zero-order chi connectivity index (χ0) is 14.9. The highest BCUT2D eigenvalue weighted by molar-refractivity contribution is 7.17. The number of H-pyrrole nitrogens is 1. The Morgan fingerprint density at radius 2 is 2.36 bits per heavy atom. The van der Waals surface area contributed by atoms with Crippen molar-refractivity contribution in [2.75, 3.05) is 6.54 Å². The molecule has 2 aliphatic heterocycles. The second kappa shape index (κ2) is 4.08. The first-order valence-corrected chi connectivity index (χ1v) is 8.44. The van der Waals surface area contributed by atoms with Crippen molar-refractivity contribution in [3.05, 3.63) is 29.4 Å². The number of aromatic nitrogens is 2. The van der Waals surface area contributed by atoms with Crippen molar-refractivity contribution in [2.24, 2.45) is 10.9 Å². The van der Waals surface area contributed by atoms with Gasteiger partial charge in [-0.3, -0.25) is 5.10 Å². The van der Waals surface area contributed by atoms with E-state index in [1.54, 1.807) is 11.3 Å². The predicted octanol–water partition coefficient (Wildman–Crippen LogP) is 2.80. The number of fused-ring (bicyclic) bond motifs is 2. The van der Waals surface area contributed by atoms with Gasteiger partial charge in [-0.25, -0.2) is 4.99 Å². The maximum atomic E-state index is 4.91. The van der Waals surface area contributed by atoms with Crippen molar-refractivity contribution in [3.8, 4) is 10.4 Å². The molecule has 1 aliphatic carbocycles. The normalized spacial score (nSPS) is 28.9. The quantitative estimate of drug-likeness (QED) is 0.799. The molecule has 1 saturated carbocycles. The van der Waals surface area contributed by atoms with Crippen LogP contribution in [0.5, 0.6) is 0 Å². The van der Waals surface area contributed by atoms with Gasteiger partial charge in [-0.2, -0.15) is 5.10 Å². The largest absolute Gasteiger partial charge is 0.341 e. The lowest BCUT2D eigenvalue weighted by Gasteiger charge is -2.23. The molecule has 5 rings (SSSR count). The van der Waals surface area contributed by atoms with Gasteiger partial charge >= 0.3 is 0 Å². The number of amidine groups is 1. The van der Waals surface area contributed by atoms with E-state index in [-0.39, 0.29) is 5.54 Å². The summed E-state index contributed by atoms with van der Waals surface area (Å²) in [5.74, 6) is 1.79. The fourth-order valence-electron chi connectivity index (χ4n) is 3.71. The summed E-state index contributed by atoms with van der Waals surface area (Å²) in [5.41, 5.74) is 4.32. The molecular weight excluding hydrogens is 294 g/mol. The average molecular weight is 311 g/mol. The summed E-state index contributed by atoms with van der Waals surface area (Å²) in [5, 5.41) is 14.2. The van der Waals surface area contributed by atoms with Crippen molar-refractivity contribution in [1.29, 1.82) is 0 Å². The molecule has 3 N–H and O–H groups in total. The summed E-state index contributed by atoms with van der Waals surface area (Å²) in [6, 6.07) is 2.16. The molecule has 5 nitrogen and oxygen atoms in total. The highest BCUT2D eigenvalue weighted by atomic mass is 32.1. The van der Waals surface area contributed by atoms with E-state index in [1.807, 2.05) is 13.1 Å². The molecule has 2 aromatic rings. The number of hydrogen-bond donors (Lipinski definition) is 3. The average Bonchev–Trinajstić information content (AvgIpc) is 2.92. The summed E-state index contributed by atoms with van der Waals surface area (Å²) in [6.45, 7) is 7.34. The predicted molar refractivity (Wildman–Crippen MR) is 89.4 cm³/mol. The third kappa shape index (κ3) is 1.56. The minimum absolute atomic E-state index is 0.0916. The molecule has 0 amide bonds. The minimum Gasteiger partial charge on any atom is -0.341 e. The smallest absolute Gasteiger partial charge is 0.127 e. The molecule has 4 heterocycles. The topological polar surface area (TPSA) is 65.1 Å². The van der Waals surface area contributed by atoms with Gasteiger partial charge in [0.05, 0.1) is 28.0 Å². The number of thiophene rings is 1. The lowest BCUT2D eigenvalue weighted by atomic mass is 10.1. The fraction of sp³-hybridized carbons (Fsp3) is 0.375. The number of piperidine rings is 1. The van der Waals surface area contributed by atoms with Gasteiger partial charge in [-0.15, -0.1) is 11.3 Å². The van der Waals surface area contributed by atoms with Gasteiger partial charge in [0.1, 0.15) is 5.84 Å². The molecule has 22 heavy (non-hydrogen) atoms. The molecular formula is C16H17N5S. The van der Waals surface area contributed by atoms with Crippen molar-refractivity contribution in [1.82, 2.24) is 20.8 Å². The van der Waals surface area contributed by atoms with E-state index in [9.17, 15) is 0 Å². The van der Waals surface area contributed by atoms with Crippen LogP contribution in [0.25, 0.3) is 16.1 Å². The first-order valence-electron chi connectivity index (χ1n) is 7.62. The van der Waals surface area contributed by atoms with E-state index in [2.05, 4.69) is 33.5 Å². The summed E-state index contributed by atoms with van der Waals surface area (Å²) in [6.07, 6.45) is 4.32. The van der Waals surface area contributed by atoms with Crippen LogP contribution in [0.3, 0.4) is 0 Å². The molecule has 3 aliphatic rings. The van der Waals surface area contributed by atoms with Gasteiger partial charge in [0.15, 0.2) is 0 Å². The molecule has 0 bridgehead atoms. The number of hydrogen-bond acceptors (Lipinski definition) is 5. The van der Waals surface area contributed by atoms with Crippen LogP contribution in [0, 0.1) is 12.8 Å². The molecule has 0 aromatic carbocycles. The third-order valence-electron chi connectivity index (χ3n) is 5.04. The number of aromatic amines is 1. The van der Waals surface area contributed by atoms with E-state index < -0.39 is 0 Å². The molecule has 0 unspecified atom stereocenters. The Kier molecular flexibility index (Phi) is 2.34. The highest BCUT2D eigenvalue weighted by Crippen LogP contribution is 2.52. The van der Waals surface area contributed by atoms with Gasteiger partial charge in [-0.05, 0) is 38.3 Å². The van der Waals surface area contributed by atoms with Crippen LogP contribution < -0.4 is 10.6 Å². The van der Waals surface area contributed by atoms with E-state index >= 15 is 0 Å². The van der Waals surface area contributed by atoms with Gasteiger partial charge in [0.25, 0.3) is 0 Å². The van der Waals surface area contributed by atoms with Crippen molar-refractivity contribution in [3.63, 3.8) is 0 Å². The maximum Gasteiger partial charge on any atom is 0.127 e. The fourth-order valence-corrected chi connectivity index (χ4v) is 4.80. The number of aryl methyl sites for hydroxylation is 1. The second-order valence-electron chi connectivity index (χ2n) is 6.39. The highest BCUT2D eigenvalue weighted by Gasteiger charge is 2.61. The lowest BCUT2D eigenvalue weighted by Crippen LogP contribution is -2.45. The number of nitrogens with zero attached hydrogens (tertiary/aromatic N) is 2. The number of rotatable bonds is 2. The molecule has 0 radical (unpaired) electrons. The minimum atomic E-state index is 0.0916. The Balaban J connectivity index is 1.59. The van der Waals surface area contributed by atoms with Crippen LogP contribution >= 0.6 is 11.3 Å². The van der Waals surface area contributed by atoms with Crippen LogP contribution in [0.2, 0.25) is 0 Å². The van der Waals surface area contributed by atoms with E-state index in [0.717, 1.165) is 45.8 Å². The summed E-state index contributed by atoms with van der Waals surface area (Å²) < 4.78 is 0. The first kappa shape index (κ1) is 12.6. The molecule has 112 valence electrons. The first-order chi connectivity index (χ1) is 10.7. The van der Waals surface area contributed by atoms with Crippen molar-refractivity contribution < 1.29 is 0 Å². The summed E-state index contributed by atoms with van der Waals surface area (Å²) in [4.78, 5) is 7.23. The molecule has 1 saturated heterocycles. The monoisotopic (exact) mass is 311 g/mol. The van der Waals surface area contributed by atoms with Gasteiger partial charge in [-0.1, -0.05) is 6.58 Å². The van der Waals surface area contributed by atoms with E-state index in [0.29, 0.717) is 0 Å². The zero-order valence-electron chi connectivity index (χ0n) is 12.4. The van der Waals surface area contributed by atoms with Gasteiger partial charge < -0.3 is 10.6 Å². The Morgan fingerprint density at radius 1 is 1.45 bits per heavy atom. The van der Waals surface area contributed by atoms with E-state index in [1.165, 1.54) is 17.7 Å². The number of aliphatic imine (C=N–C) groups is 1. The molecule has 2 atom stereocenters. The Bertz CT molecular complexity index is 829. The van der Waals surface area contributed by atoms with Gasteiger partial charge in [0.2, 0.25) is 0 Å². The maximum absolute atomic E-state index is 4.91. The zero-order valence-corrected chi connectivity index (χ0v) is 13.2.